The Balaban J connectivity index is 2.08. The zero-order valence-electron chi connectivity index (χ0n) is 21.4. The van der Waals surface area contributed by atoms with E-state index >= 15 is 8.78 Å². The Morgan fingerprint density at radius 2 is 1.83 bits per heavy atom. The maximum atomic E-state index is 15.6. The number of carbonyl (C=O) groups excluding carboxylic acids is 2. The summed E-state index contributed by atoms with van der Waals surface area (Å²) in [5.74, 6) is -3.13. The number of ether oxygens (including phenoxy) is 3. The molecule has 36 heavy (non-hydrogen) atoms. The molecule has 1 aromatic heterocycles. The number of amides is 1. The van der Waals surface area contributed by atoms with Crippen LogP contribution in [0.4, 0.5) is 13.6 Å². The van der Waals surface area contributed by atoms with Crippen molar-refractivity contribution in [2.24, 2.45) is 0 Å². The fraction of sp³-hybridized carbons (Fsp3) is 0.370. The highest BCUT2D eigenvalue weighted by Crippen LogP contribution is 2.35. The van der Waals surface area contributed by atoms with Crippen molar-refractivity contribution in [2.75, 3.05) is 13.7 Å². The van der Waals surface area contributed by atoms with Gasteiger partial charge < -0.3 is 19.5 Å². The second-order valence-corrected chi connectivity index (χ2v) is 9.27. The van der Waals surface area contributed by atoms with E-state index in [0.29, 0.717) is 29.0 Å². The number of halogens is 2. The van der Waals surface area contributed by atoms with Gasteiger partial charge in [-0.3, -0.25) is 4.79 Å². The fourth-order valence-corrected chi connectivity index (χ4v) is 3.87. The summed E-state index contributed by atoms with van der Waals surface area (Å²) in [6.07, 6.45) is -0.761. The van der Waals surface area contributed by atoms with Crippen LogP contribution in [-0.2, 0) is 4.74 Å². The number of nitrogens with one attached hydrogen (secondary N) is 1. The molecule has 1 heterocycles. The highest BCUT2D eigenvalue weighted by Gasteiger charge is 2.29. The van der Waals surface area contributed by atoms with Crippen LogP contribution in [0.3, 0.4) is 0 Å². The number of alkyl carbamates (subject to hydrolysis) is 1. The van der Waals surface area contributed by atoms with Gasteiger partial charge in [0.25, 0.3) is 0 Å². The minimum absolute atomic E-state index is 0.0199. The molecule has 2 aromatic carbocycles. The first-order chi connectivity index (χ1) is 16.9. The van der Waals surface area contributed by atoms with E-state index in [-0.39, 0.29) is 16.9 Å². The number of hydrogen-bond acceptors (Lipinski definition) is 6. The number of aromatic nitrogens is 1. The molecule has 0 saturated heterocycles. The average molecular weight is 501 g/mol. The van der Waals surface area contributed by atoms with Gasteiger partial charge in [-0.2, -0.15) is 0 Å². The third kappa shape index (κ3) is 5.56. The Morgan fingerprint density at radius 3 is 2.44 bits per heavy atom. The summed E-state index contributed by atoms with van der Waals surface area (Å²) < 4.78 is 46.9. The van der Waals surface area contributed by atoms with Gasteiger partial charge in [0.2, 0.25) is 5.88 Å². The van der Waals surface area contributed by atoms with Crippen LogP contribution in [0.15, 0.2) is 30.3 Å². The number of fused-ring (bicyclic) bond motifs is 1. The minimum Gasteiger partial charge on any atom is -0.493 e. The van der Waals surface area contributed by atoms with Crippen LogP contribution in [0, 0.1) is 18.6 Å². The van der Waals surface area contributed by atoms with Crippen LogP contribution >= 0.6 is 0 Å². The van der Waals surface area contributed by atoms with Crippen LogP contribution in [-0.4, -0.2) is 36.2 Å². The highest BCUT2D eigenvalue weighted by atomic mass is 19.1. The molecular formula is C27H30F2N2O5. The largest absolute Gasteiger partial charge is 0.493 e. The Bertz CT molecular complexity index is 1320. The van der Waals surface area contributed by atoms with Crippen molar-refractivity contribution in [2.45, 2.75) is 53.2 Å². The Labute approximate surface area is 208 Å². The average Bonchev–Trinajstić information content (AvgIpc) is 2.77. The van der Waals surface area contributed by atoms with E-state index in [9.17, 15) is 9.59 Å². The van der Waals surface area contributed by atoms with Crippen LogP contribution in [0.1, 0.15) is 67.8 Å². The van der Waals surface area contributed by atoms with E-state index < -0.39 is 40.7 Å². The molecule has 0 saturated carbocycles. The van der Waals surface area contributed by atoms with Gasteiger partial charge in [-0.05, 0) is 59.7 Å². The van der Waals surface area contributed by atoms with Crippen molar-refractivity contribution in [3.63, 3.8) is 0 Å². The lowest BCUT2D eigenvalue weighted by molar-refractivity contribution is 0.0507. The van der Waals surface area contributed by atoms with Gasteiger partial charge >= 0.3 is 6.09 Å². The van der Waals surface area contributed by atoms with E-state index in [1.165, 1.54) is 20.1 Å². The molecular weight excluding hydrogens is 470 g/mol. The van der Waals surface area contributed by atoms with Crippen molar-refractivity contribution in [1.82, 2.24) is 10.3 Å². The topological polar surface area (TPSA) is 86.8 Å². The summed E-state index contributed by atoms with van der Waals surface area (Å²) in [7, 11) is 1.20. The second-order valence-electron chi connectivity index (χ2n) is 9.27. The monoisotopic (exact) mass is 500 g/mol. The van der Waals surface area contributed by atoms with Crippen molar-refractivity contribution in [1.29, 1.82) is 0 Å². The van der Waals surface area contributed by atoms with Gasteiger partial charge in [0.1, 0.15) is 11.4 Å². The van der Waals surface area contributed by atoms with E-state index in [0.717, 1.165) is 6.07 Å². The lowest BCUT2D eigenvalue weighted by atomic mass is 9.94. The molecule has 1 N–H and O–H groups in total. The summed E-state index contributed by atoms with van der Waals surface area (Å²) in [6, 6.07) is 6.60. The predicted octanol–water partition coefficient (Wildman–Crippen LogP) is 6.05. The zero-order valence-corrected chi connectivity index (χ0v) is 21.4. The molecule has 0 fully saturated rings. The van der Waals surface area contributed by atoms with Gasteiger partial charge in [-0.15, -0.1) is 0 Å². The number of nitrogens with zero attached hydrogens (tertiary/aromatic N) is 1. The Morgan fingerprint density at radius 1 is 1.14 bits per heavy atom. The smallest absolute Gasteiger partial charge is 0.408 e. The van der Waals surface area contributed by atoms with E-state index in [2.05, 4.69) is 10.3 Å². The molecule has 9 heteroatoms. The van der Waals surface area contributed by atoms with Crippen molar-refractivity contribution in [3.8, 4) is 11.6 Å². The number of pyridine rings is 1. The molecule has 1 amide bonds. The predicted molar refractivity (Wildman–Crippen MR) is 132 cm³/mol. The van der Waals surface area contributed by atoms with Gasteiger partial charge in [-0.1, -0.05) is 12.1 Å². The molecule has 0 radical (unpaired) electrons. The first-order valence-corrected chi connectivity index (χ1v) is 11.5. The van der Waals surface area contributed by atoms with Crippen LogP contribution < -0.4 is 14.8 Å². The summed E-state index contributed by atoms with van der Waals surface area (Å²) in [4.78, 5) is 30.0. The molecule has 0 bridgehead atoms. The molecule has 1 atom stereocenters. The molecule has 0 aliphatic carbocycles. The number of benzene rings is 2. The number of ketones is 1. The summed E-state index contributed by atoms with van der Waals surface area (Å²) >= 11 is 0. The molecule has 1 unspecified atom stereocenters. The minimum atomic E-state index is -1.16. The Kier molecular flexibility index (Phi) is 7.81. The number of rotatable bonds is 7. The van der Waals surface area contributed by atoms with Crippen molar-refractivity contribution >= 4 is 22.6 Å². The summed E-state index contributed by atoms with van der Waals surface area (Å²) in [5.41, 5.74) is -0.824. The first kappa shape index (κ1) is 26.8. The number of aryl methyl sites for hydroxylation is 1. The first-order valence-electron chi connectivity index (χ1n) is 11.5. The van der Waals surface area contributed by atoms with Crippen LogP contribution in [0.2, 0.25) is 0 Å². The molecule has 192 valence electrons. The van der Waals surface area contributed by atoms with E-state index in [4.69, 9.17) is 14.2 Å². The third-order valence-electron chi connectivity index (χ3n) is 5.33. The van der Waals surface area contributed by atoms with Crippen LogP contribution in [0.25, 0.3) is 10.8 Å². The standard InChI is InChI=1S/C27H30F2N2O5/c1-8-35-25-17-11-9-10-16(19(17)12-14(2)30-25)23(32)21-20(28)13-18(24(34-7)22(21)29)15(3)31-26(33)36-27(4,5)6/h9-13,15H,8H2,1-7H3,(H,31,33). The number of hydrogen-bond donors (Lipinski definition) is 1. The number of methoxy groups -OCH3 is 1. The highest BCUT2D eigenvalue weighted by molar-refractivity contribution is 6.17. The second kappa shape index (κ2) is 10.5. The summed E-state index contributed by atoms with van der Waals surface area (Å²) in [5, 5.41) is 3.54. The van der Waals surface area contributed by atoms with E-state index in [1.807, 2.05) is 6.92 Å². The zero-order chi connectivity index (χ0) is 26.8. The maximum absolute atomic E-state index is 15.6. The molecule has 0 aliphatic rings. The molecule has 7 nitrogen and oxygen atoms in total. The normalized spacial score (nSPS) is 12.2. The summed E-state index contributed by atoms with van der Waals surface area (Å²) in [6.45, 7) is 10.5. The maximum Gasteiger partial charge on any atom is 0.408 e. The molecule has 3 rings (SSSR count). The SMILES string of the molecule is CCOc1nc(C)cc2c(C(=O)c3c(F)cc(C(C)NC(=O)OC(C)(C)C)c(OC)c3F)cccc12. The van der Waals surface area contributed by atoms with Crippen LogP contribution in [0.5, 0.6) is 11.6 Å². The van der Waals surface area contributed by atoms with Gasteiger partial charge in [0.15, 0.2) is 17.3 Å². The van der Waals surface area contributed by atoms with Gasteiger partial charge in [-0.25, -0.2) is 18.6 Å². The van der Waals surface area contributed by atoms with Gasteiger partial charge in [0.05, 0.1) is 25.3 Å². The lowest BCUT2D eigenvalue weighted by Gasteiger charge is -2.23. The lowest BCUT2D eigenvalue weighted by Crippen LogP contribution is -2.34. The Hall–Kier alpha value is -3.75. The van der Waals surface area contributed by atoms with Crippen molar-refractivity contribution in [3.05, 3.63) is 64.4 Å². The molecule has 3 aromatic rings. The number of carbonyl (C=O) groups is 2. The third-order valence-corrected chi connectivity index (χ3v) is 5.33. The van der Waals surface area contributed by atoms with Gasteiger partial charge in [0, 0.05) is 27.6 Å². The molecule has 0 aliphatic heterocycles. The molecule has 0 spiro atoms. The fourth-order valence-electron chi connectivity index (χ4n) is 3.87. The van der Waals surface area contributed by atoms with Crippen molar-refractivity contribution < 1.29 is 32.6 Å². The van der Waals surface area contributed by atoms with E-state index in [1.54, 1.807) is 45.9 Å². The quantitative estimate of drug-likeness (QED) is 0.398.